The first-order valence-electron chi connectivity index (χ1n) is 17.9. The van der Waals surface area contributed by atoms with Crippen molar-refractivity contribution in [1.29, 1.82) is 0 Å². The minimum Gasteiger partial charge on any atom is -0.309 e. The molecule has 0 bridgehead atoms. The lowest BCUT2D eigenvalue weighted by Crippen LogP contribution is -1.99. The summed E-state index contributed by atoms with van der Waals surface area (Å²) in [6, 6.07) is 64.2. The number of pyridine rings is 1. The van der Waals surface area contributed by atoms with E-state index in [-0.39, 0.29) is 0 Å². The summed E-state index contributed by atoms with van der Waals surface area (Å²) in [4.78, 5) is 5.45. The first-order chi connectivity index (χ1) is 25.8. The molecule has 8 aromatic carbocycles. The standard InChI is InChI=1S/C49H29N3/c1-2-14-35(15-3-1)51-43-19-7-6-16-36(43)40-27-33(20-23-44(40)51)34-21-24-45-41(28-34)42-26-31-10-4-5-11-32(31)29-46(42)52(45)47-25-22-38-37-17-8-12-30-13-9-18-39(48(30)37)49(38)50-47/h1-29H. The summed E-state index contributed by atoms with van der Waals surface area (Å²) in [5.41, 5.74) is 13.0. The lowest BCUT2D eigenvalue weighted by atomic mass is 10.00. The van der Waals surface area contributed by atoms with Gasteiger partial charge < -0.3 is 4.57 Å². The van der Waals surface area contributed by atoms with Gasteiger partial charge in [-0.3, -0.25) is 4.57 Å². The van der Waals surface area contributed by atoms with E-state index in [1.165, 1.54) is 87.6 Å². The molecule has 52 heavy (non-hydrogen) atoms. The molecule has 1 aliphatic rings. The number of para-hydroxylation sites is 2. The van der Waals surface area contributed by atoms with Crippen LogP contribution in [0.2, 0.25) is 0 Å². The summed E-state index contributed by atoms with van der Waals surface area (Å²) in [6.07, 6.45) is 0. The first-order valence-corrected chi connectivity index (χ1v) is 17.9. The van der Waals surface area contributed by atoms with Gasteiger partial charge in [0.1, 0.15) is 5.82 Å². The number of rotatable bonds is 3. The smallest absolute Gasteiger partial charge is 0.138 e. The van der Waals surface area contributed by atoms with Gasteiger partial charge in [-0.05, 0) is 105 Å². The molecule has 1 aliphatic carbocycles. The fourth-order valence-corrected chi connectivity index (χ4v) is 8.90. The van der Waals surface area contributed by atoms with Gasteiger partial charge in [-0.25, -0.2) is 4.98 Å². The van der Waals surface area contributed by atoms with Gasteiger partial charge in [0.2, 0.25) is 0 Å². The van der Waals surface area contributed by atoms with Crippen molar-refractivity contribution in [2.24, 2.45) is 0 Å². The molecule has 11 aromatic rings. The van der Waals surface area contributed by atoms with Crippen molar-refractivity contribution in [1.82, 2.24) is 14.1 Å². The topological polar surface area (TPSA) is 22.8 Å². The quantitative estimate of drug-likeness (QED) is 0.185. The van der Waals surface area contributed by atoms with E-state index in [2.05, 4.69) is 185 Å². The summed E-state index contributed by atoms with van der Waals surface area (Å²) < 4.78 is 4.74. The van der Waals surface area contributed by atoms with Crippen LogP contribution in [0.4, 0.5) is 0 Å². The minimum absolute atomic E-state index is 0.932. The third-order valence-electron chi connectivity index (χ3n) is 11.2. The maximum absolute atomic E-state index is 5.45. The summed E-state index contributed by atoms with van der Waals surface area (Å²) in [5.74, 6) is 0.932. The van der Waals surface area contributed by atoms with Crippen LogP contribution in [0.25, 0.3) is 110 Å². The second-order valence-corrected chi connectivity index (χ2v) is 14.0. The molecular weight excluding hydrogens is 631 g/mol. The Kier molecular flexibility index (Phi) is 5.50. The van der Waals surface area contributed by atoms with E-state index in [1.807, 2.05) is 0 Å². The van der Waals surface area contributed by atoms with E-state index < -0.39 is 0 Å². The van der Waals surface area contributed by atoms with Gasteiger partial charge in [0.15, 0.2) is 0 Å². The Hall–Kier alpha value is -6.97. The zero-order valence-corrected chi connectivity index (χ0v) is 28.1. The van der Waals surface area contributed by atoms with Gasteiger partial charge in [-0.1, -0.05) is 109 Å². The van der Waals surface area contributed by atoms with E-state index in [0.29, 0.717) is 0 Å². The highest BCUT2D eigenvalue weighted by atomic mass is 15.1. The third-order valence-corrected chi connectivity index (χ3v) is 11.2. The zero-order valence-electron chi connectivity index (χ0n) is 28.1. The van der Waals surface area contributed by atoms with Crippen molar-refractivity contribution in [3.05, 3.63) is 176 Å². The molecule has 3 aromatic heterocycles. The molecule has 0 saturated carbocycles. The van der Waals surface area contributed by atoms with Crippen LogP contribution in [0.3, 0.4) is 0 Å². The number of nitrogens with zero attached hydrogens (tertiary/aromatic N) is 3. The van der Waals surface area contributed by atoms with Gasteiger partial charge in [0.05, 0.1) is 27.8 Å². The monoisotopic (exact) mass is 659 g/mol. The highest BCUT2D eigenvalue weighted by Gasteiger charge is 2.24. The van der Waals surface area contributed by atoms with Crippen LogP contribution in [-0.2, 0) is 0 Å². The van der Waals surface area contributed by atoms with Crippen molar-refractivity contribution in [3.8, 4) is 45.0 Å². The summed E-state index contributed by atoms with van der Waals surface area (Å²) >= 11 is 0. The number of fused-ring (bicyclic) bond motifs is 10. The van der Waals surface area contributed by atoms with E-state index in [9.17, 15) is 0 Å². The Morgan fingerprint density at radius 1 is 0.346 bits per heavy atom. The average Bonchev–Trinajstić information content (AvgIpc) is 3.83. The molecule has 0 unspecified atom stereocenters. The van der Waals surface area contributed by atoms with Crippen LogP contribution < -0.4 is 0 Å². The largest absolute Gasteiger partial charge is 0.309 e. The third kappa shape index (κ3) is 3.77. The normalized spacial score (nSPS) is 12.2. The maximum Gasteiger partial charge on any atom is 0.138 e. The molecule has 3 heterocycles. The van der Waals surface area contributed by atoms with E-state index in [0.717, 1.165) is 22.5 Å². The molecule has 0 spiro atoms. The Balaban J connectivity index is 1.09. The average molecular weight is 660 g/mol. The maximum atomic E-state index is 5.45. The Bertz CT molecular complexity index is 3280. The SMILES string of the molecule is c1ccc(-n2c3ccccc3c3cc(-c4ccc5c(c4)c4cc6ccccc6cc4n5-c4ccc5c(n4)-c4cccc6cccc-5c46)ccc32)cc1. The van der Waals surface area contributed by atoms with Crippen LogP contribution >= 0.6 is 0 Å². The molecule has 3 nitrogen and oxygen atoms in total. The molecule has 0 aliphatic heterocycles. The van der Waals surface area contributed by atoms with Crippen molar-refractivity contribution in [2.75, 3.05) is 0 Å². The molecule has 0 N–H and O–H groups in total. The van der Waals surface area contributed by atoms with E-state index in [4.69, 9.17) is 4.98 Å². The van der Waals surface area contributed by atoms with Gasteiger partial charge in [-0.2, -0.15) is 0 Å². The highest BCUT2D eigenvalue weighted by molar-refractivity contribution is 6.17. The van der Waals surface area contributed by atoms with Crippen molar-refractivity contribution >= 4 is 65.2 Å². The van der Waals surface area contributed by atoms with Crippen molar-refractivity contribution < 1.29 is 0 Å². The van der Waals surface area contributed by atoms with Crippen molar-refractivity contribution in [3.63, 3.8) is 0 Å². The second-order valence-electron chi connectivity index (χ2n) is 14.0. The summed E-state index contributed by atoms with van der Waals surface area (Å²) in [6.45, 7) is 0. The Labute approximate surface area is 299 Å². The number of aromatic nitrogens is 3. The lowest BCUT2D eigenvalue weighted by Gasteiger charge is -2.11. The Morgan fingerprint density at radius 3 is 1.77 bits per heavy atom. The zero-order chi connectivity index (χ0) is 33.9. The van der Waals surface area contributed by atoms with Gasteiger partial charge in [0, 0.05) is 38.4 Å². The van der Waals surface area contributed by atoms with Crippen LogP contribution in [0.1, 0.15) is 0 Å². The summed E-state index contributed by atoms with van der Waals surface area (Å²) in [5, 5.41) is 9.97. The van der Waals surface area contributed by atoms with E-state index >= 15 is 0 Å². The fourth-order valence-electron chi connectivity index (χ4n) is 8.90. The molecule has 0 fully saturated rings. The molecular formula is C49H29N3. The molecule has 12 rings (SSSR count). The second kappa shape index (κ2) is 10.3. The molecule has 0 atom stereocenters. The molecule has 0 saturated heterocycles. The van der Waals surface area contributed by atoms with Gasteiger partial charge >= 0.3 is 0 Å². The minimum atomic E-state index is 0.932. The van der Waals surface area contributed by atoms with E-state index in [1.54, 1.807) is 0 Å². The Morgan fingerprint density at radius 2 is 0.962 bits per heavy atom. The van der Waals surface area contributed by atoms with Gasteiger partial charge in [0.25, 0.3) is 0 Å². The molecule has 0 radical (unpaired) electrons. The predicted octanol–water partition coefficient (Wildman–Crippen LogP) is 12.9. The van der Waals surface area contributed by atoms with Crippen LogP contribution in [0.5, 0.6) is 0 Å². The lowest BCUT2D eigenvalue weighted by molar-refractivity contribution is 1.09. The fraction of sp³-hybridized carbons (Fsp3) is 0. The molecule has 3 heteroatoms. The number of benzene rings is 8. The number of hydrogen-bond donors (Lipinski definition) is 0. The van der Waals surface area contributed by atoms with Gasteiger partial charge in [-0.15, -0.1) is 0 Å². The van der Waals surface area contributed by atoms with Crippen LogP contribution in [0, 0.1) is 0 Å². The molecule has 240 valence electrons. The van der Waals surface area contributed by atoms with Crippen LogP contribution in [-0.4, -0.2) is 14.1 Å². The predicted molar refractivity (Wildman–Crippen MR) is 218 cm³/mol. The molecule has 0 amide bonds. The van der Waals surface area contributed by atoms with Crippen LogP contribution in [0.15, 0.2) is 176 Å². The number of hydrogen-bond acceptors (Lipinski definition) is 1. The summed E-state index contributed by atoms with van der Waals surface area (Å²) in [7, 11) is 0. The van der Waals surface area contributed by atoms with Crippen molar-refractivity contribution in [2.45, 2.75) is 0 Å². The first kappa shape index (κ1) is 27.8. The highest BCUT2D eigenvalue weighted by Crippen LogP contribution is 2.47.